The zero-order valence-corrected chi connectivity index (χ0v) is 11.9. The molecule has 0 bridgehead atoms. The highest BCUT2D eigenvalue weighted by Gasteiger charge is 2.24. The highest BCUT2D eigenvalue weighted by molar-refractivity contribution is 7.89. The Balaban J connectivity index is 1.95. The van der Waals surface area contributed by atoms with E-state index in [0.717, 1.165) is 25.7 Å². The minimum Gasteiger partial charge on any atom is -0.281 e. The van der Waals surface area contributed by atoms with Crippen LogP contribution in [0.5, 0.6) is 0 Å². The summed E-state index contributed by atoms with van der Waals surface area (Å²) in [4.78, 5) is 0.223. The Hall–Kier alpha value is -0.590. The molecule has 0 saturated heterocycles. The van der Waals surface area contributed by atoms with Gasteiger partial charge in [0.25, 0.3) is 0 Å². The molecule has 0 radical (unpaired) electrons. The topological polar surface area (TPSA) is 74.8 Å². The molecule has 102 valence electrons. The number of hydrogen-bond donors (Lipinski definition) is 2. The molecule has 1 aromatic rings. The third-order valence-corrected chi connectivity index (χ3v) is 5.29. The van der Waals surface area contributed by atoms with Crippen molar-refractivity contribution in [2.75, 3.05) is 6.54 Å². The molecule has 18 heavy (non-hydrogen) atoms. The first-order valence-corrected chi connectivity index (χ1v) is 8.04. The molecule has 1 heterocycles. The number of aromatic amines is 1. The minimum atomic E-state index is -3.45. The molecule has 1 aromatic heterocycles. The molecule has 1 saturated carbocycles. The summed E-state index contributed by atoms with van der Waals surface area (Å²) in [5.41, 5.74) is 0.557. The van der Waals surface area contributed by atoms with Gasteiger partial charge in [-0.15, -0.1) is 11.6 Å². The third-order valence-electron chi connectivity index (χ3n) is 3.35. The first kappa shape index (κ1) is 13.8. The van der Waals surface area contributed by atoms with E-state index in [1.54, 1.807) is 6.92 Å². The van der Waals surface area contributed by atoms with Gasteiger partial charge in [0.15, 0.2) is 0 Å². The van der Waals surface area contributed by atoms with Crippen molar-refractivity contribution in [2.45, 2.75) is 42.9 Å². The van der Waals surface area contributed by atoms with E-state index in [4.69, 9.17) is 11.6 Å². The van der Waals surface area contributed by atoms with Gasteiger partial charge in [-0.3, -0.25) is 5.10 Å². The molecule has 1 aliphatic rings. The number of nitrogens with zero attached hydrogens (tertiary/aromatic N) is 1. The molecular weight excluding hydrogens is 274 g/mol. The molecule has 2 atom stereocenters. The summed E-state index contributed by atoms with van der Waals surface area (Å²) in [6.07, 6.45) is 5.37. The normalized spacial score (nSPS) is 25.2. The van der Waals surface area contributed by atoms with Gasteiger partial charge in [0.05, 0.1) is 11.9 Å². The van der Waals surface area contributed by atoms with Crippen molar-refractivity contribution >= 4 is 21.6 Å². The summed E-state index contributed by atoms with van der Waals surface area (Å²) in [6.45, 7) is 2.15. The number of rotatable bonds is 4. The molecule has 2 unspecified atom stereocenters. The molecule has 5 nitrogen and oxygen atoms in total. The average Bonchev–Trinajstić information content (AvgIpc) is 2.74. The first-order chi connectivity index (χ1) is 8.49. The highest BCUT2D eigenvalue weighted by atomic mass is 35.5. The second-order valence-electron chi connectivity index (χ2n) is 4.84. The minimum absolute atomic E-state index is 0.184. The maximum absolute atomic E-state index is 12.0. The van der Waals surface area contributed by atoms with Crippen molar-refractivity contribution in [3.63, 3.8) is 0 Å². The molecule has 2 N–H and O–H groups in total. The van der Waals surface area contributed by atoms with Crippen molar-refractivity contribution in [1.82, 2.24) is 14.9 Å². The van der Waals surface area contributed by atoms with Crippen molar-refractivity contribution in [3.8, 4) is 0 Å². The van der Waals surface area contributed by atoms with Crippen molar-refractivity contribution < 1.29 is 8.42 Å². The Morgan fingerprint density at radius 1 is 1.56 bits per heavy atom. The van der Waals surface area contributed by atoms with Gasteiger partial charge in [-0.25, -0.2) is 13.1 Å². The van der Waals surface area contributed by atoms with Gasteiger partial charge in [0.2, 0.25) is 10.0 Å². The molecule has 0 spiro atoms. The summed E-state index contributed by atoms with van der Waals surface area (Å²) in [5.74, 6) is 0.336. The summed E-state index contributed by atoms with van der Waals surface area (Å²) in [5, 5.41) is 6.54. The van der Waals surface area contributed by atoms with Crippen LogP contribution in [0.25, 0.3) is 0 Å². The second kappa shape index (κ2) is 5.59. The standard InChI is InChI=1S/C11H18ClN3O2S/c1-8-11(7-13-15-8)18(16,17)14-6-9-3-2-4-10(12)5-9/h7,9-10,14H,2-6H2,1H3,(H,13,15). The number of sulfonamides is 1. The van der Waals surface area contributed by atoms with Gasteiger partial charge >= 0.3 is 0 Å². The van der Waals surface area contributed by atoms with E-state index < -0.39 is 10.0 Å². The summed E-state index contributed by atoms with van der Waals surface area (Å²) in [6, 6.07) is 0. The van der Waals surface area contributed by atoms with Crippen LogP contribution < -0.4 is 4.72 Å². The number of hydrogen-bond acceptors (Lipinski definition) is 3. The van der Waals surface area contributed by atoms with E-state index in [2.05, 4.69) is 14.9 Å². The fourth-order valence-corrected chi connectivity index (χ4v) is 3.98. The Labute approximate surface area is 112 Å². The van der Waals surface area contributed by atoms with Crippen LogP contribution in [0.4, 0.5) is 0 Å². The number of aryl methyl sites for hydroxylation is 1. The van der Waals surface area contributed by atoms with Crippen molar-refractivity contribution in [2.24, 2.45) is 5.92 Å². The zero-order chi connectivity index (χ0) is 13.2. The molecule has 0 amide bonds. The number of alkyl halides is 1. The Morgan fingerprint density at radius 2 is 2.33 bits per heavy atom. The number of H-pyrrole nitrogens is 1. The summed E-state index contributed by atoms with van der Waals surface area (Å²) < 4.78 is 26.7. The fourth-order valence-electron chi connectivity index (χ4n) is 2.33. The van der Waals surface area contributed by atoms with Crippen LogP contribution in [0.1, 0.15) is 31.4 Å². The smallest absolute Gasteiger partial charge is 0.243 e. The molecule has 2 rings (SSSR count). The number of halogens is 1. The van der Waals surface area contributed by atoms with Gasteiger partial charge in [0.1, 0.15) is 4.90 Å². The van der Waals surface area contributed by atoms with Crippen LogP contribution in [-0.2, 0) is 10.0 Å². The molecule has 1 aliphatic carbocycles. The van der Waals surface area contributed by atoms with Gasteiger partial charge in [-0.1, -0.05) is 6.42 Å². The lowest BCUT2D eigenvalue weighted by Crippen LogP contribution is -2.32. The van der Waals surface area contributed by atoms with Crippen LogP contribution in [0.2, 0.25) is 0 Å². The molecule has 0 aliphatic heterocycles. The number of nitrogens with one attached hydrogen (secondary N) is 2. The van der Waals surface area contributed by atoms with Crippen molar-refractivity contribution in [3.05, 3.63) is 11.9 Å². The Morgan fingerprint density at radius 3 is 2.94 bits per heavy atom. The predicted octanol–water partition coefficient (Wildman–Crippen LogP) is 1.79. The summed E-state index contributed by atoms with van der Waals surface area (Å²) >= 11 is 6.09. The fraction of sp³-hybridized carbons (Fsp3) is 0.727. The van der Waals surface area contributed by atoms with Crippen molar-refractivity contribution in [1.29, 1.82) is 0 Å². The second-order valence-corrected chi connectivity index (χ2v) is 7.19. The Kier molecular flexibility index (Phi) is 4.29. The largest absolute Gasteiger partial charge is 0.281 e. The first-order valence-electron chi connectivity index (χ1n) is 6.13. The van der Waals surface area contributed by atoms with E-state index >= 15 is 0 Å². The van der Waals surface area contributed by atoms with Crippen LogP contribution in [0, 0.1) is 12.8 Å². The average molecular weight is 292 g/mol. The molecule has 0 aromatic carbocycles. The van der Waals surface area contributed by atoms with Gasteiger partial charge in [-0.2, -0.15) is 5.10 Å². The highest BCUT2D eigenvalue weighted by Crippen LogP contribution is 2.27. The third kappa shape index (κ3) is 3.24. The van der Waals surface area contributed by atoms with Gasteiger partial charge in [-0.05, 0) is 32.1 Å². The lowest BCUT2D eigenvalue weighted by atomic mass is 9.89. The van der Waals surface area contributed by atoms with Gasteiger partial charge < -0.3 is 0 Å². The van der Waals surface area contributed by atoms with Crippen LogP contribution in [-0.4, -0.2) is 30.5 Å². The monoisotopic (exact) mass is 291 g/mol. The predicted molar refractivity (Wildman–Crippen MR) is 70.1 cm³/mol. The van der Waals surface area contributed by atoms with Gasteiger partial charge in [0, 0.05) is 11.9 Å². The Bertz CT molecular complexity index is 500. The molecular formula is C11H18ClN3O2S. The van der Waals surface area contributed by atoms with Crippen LogP contribution >= 0.6 is 11.6 Å². The lowest BCUT2D eigenvalue weighted by Gasteiger charge is -2.25. The number of aromatic nitrogens is 2. The van der Waals surface area contributed by atoms with Crippen LogP contribution in [0.15, 0.2) is 11.1 Å². The van der Waals surface area contributed by atoms with E-state index in [9.17, 15) is 8.42 Å². The lowest BCUT2D eigenvalue weighted by molar-refractivity contribution is 0.361. The quantitative estimate of drug-likeness (QED) is 0.831. The maximum Gasteiger partial charge on any atom is 0.243 e. The van der Waals surface area contributed by atoms with E-state index in [0.29, 0.717) is 18.2 Å². The maximum atomic E-state index is 12.0. The molecule has 1 fully saturated rings. The zero-order valence-electron chi connectivity index (χ0n) is 10.3. The van der Waals surface area contributed by atoms with E-state index in [1.807, 2.05) is 0 Å². The van der Waals surface area contributed by atoms with E-state index in [-0.39, 0.29) is 10.3 Å². The van der Waals surface area contributed by atoms with Crippen LogP contribution in [0.3, 0.4) is 0 Å². The SMILES string of the molecule is Cc1[nH]ncc1S(=O)(=O)NCC1CCCC(Cl)C1. The summed E-state index contributed by atoms with van der Waals surface area (Å²) in [7, 11) is -3.45. The molecule has 7 heteroatoms. The van der Waals surface area contributed by atoms with E-state index in [1.165, 1.54) is 6.20 Å².